The van der Waals surface area contributed by atoms with Crippen molar-refractivity contribution in [3.63, 3.8) is 0 Å². The summed E-state index contributed by atoms with van der Waals surface area (Å²) in [5, 5.41) is 8.10. The number of nitrogens with zero attached hydrogens (tertiary/aromatic N) is 3. The van der Waals surface area contributed by atoms with Gasteiger partial charge in [-0.3, -0.25) is 14.6 Å². The van der Waals surface area contributed by atoms with Gasteiger partial charge in [-0.15, -0.1) is 5.10 Å². The van der Waals surface area contributed by atoms with Crippen molar-refractivity contribution in [3.05, 3.63) is 38.8 Å². The first-order valence-corrected chi connectivity index (χ1v) is 7.16. The summed E-state index contributed by atoms with van der Waals surface area (Å²) in [6.07, 6.45) is 1.99. The Morgan fingerprint density at radius 2 is 2.17 bits per heavy atom. The van der Waals surface area contributed by atoms with Crippen molar-refractivity contribution in [2.24, 2.45) is 11.7 Å². The fraction of sp³-hybridized carbons (Fsp3) is 0.357. The molecule has 0 saturated carbocycles. The van der Waals surface area contributed by atoms with Crippen LogP contribution in [0.5, 0.6) is 0 Å². The molecule has 4 N–H and O–H groups in total. The highest BCUT2D eigenvalue weighted by Crippen LogP contribution is 2.27. The highest BCUT2D eigenvalue weighted by atomic mass is 16.2. The van der Waals surface area contributed by atoms with Gasteiger partial charge in [0, 0.05) is 19.3 Å². The number of aromatic amines is 2. The lowest BCUT2D eigenvalue weighted by Gasteiger charge is -2.20. The highest BCUT2D eigenvalue weighted by Gasteiger charge is 2.28. The number of aromatic nitrogens is 4. The molecule has 1 atom stereocenters. The molecule has 1 fully saturated rings. The minimum atomic E-state index is -0.581. The Labute approximate surface area is 130 Å². The molecule has 0 unspecified atom stereocenters. The van der Waals surface area contributed by atoms with E-state index in [1.807, 2.05) is 4.90 Å². The Morgan fingerprint density at radius 1 is 1.39 bits per heavy atom. The number of rotatable bonds is 3. The third-order valence-corrected chi connectivity index (χ3v) is 3.98. The molecule has 0 bridgehead atoms. The molecule has 9 heteroatoms. The molecule has 0 spiro atoms. The van der Waals surface area contributed by atoms with Gasteiger partial charge in [0.1, 0.15) is 5.69 Å². The maximum Gasteiger partial charge on any atom is 0.325 e. The number of nitrogens with two attached hydrogens (primary N) is 1. The zero-order valence-electron chi connectivity index (χ0n) is 12.5. The van der Waals surface area contributed by atoms with Crippen LogP contribution in [0, 0.1) is 12.8 Å². The first kappa shape index (κ1) is 14.9. The van der Waals surface area contributed by atoms with Gasteiger partial charge >= 0.3 is 5.69 Å². The summed E-state index contributed by atoms with van der Waals surface area (Å²) >= 11 is 0. The van der Waals surface area contributed by atoms with E-state index in [9.17, 15) is 14.4 Å². The SMILES string of the molecule is Cc1nnc(-c2c[nH]c(=O)[nH]c2=O)cc1N1CC[C@@H](C(N)=O)C1. The second kappa shape index (κ2) is 5.67. The lowest BCUT2D eigenvalue weighted by molar-refractivity contribution is -0.121. The van der Waals surface area contributed by atoms with Crippen LogP contribution in [-0.4, -0.2) is 39.2 Å². The fourth-order valence-electron chi connectivity index (χ4n) is 2.71. The number of primary amides is 1. The second-order valence-corrected chi connectivity index (χ2v) is 5.52. The predicted octanol–water partition coefficient (Wildman–Crippen LogP) is -0.860. The average molecular weight is 316 g/mol. The molecule has 0 aliphatic carbocycles. The quantitative estimate of drug-likeness (QED) is 0.673. The zero-order chi connectivity index (χ0) is 16.6. The lowest BCUT2D eigenvalue weighted by atomic mass is 10.1. The second-order valence-electron chi connectivity index (χ2n) is 5.52. The van der Waals surface area contributed by atoms with Gasteiger partial charge < -0.3 is 15.6 Å². The number of carbonyl (C=O) groups excluding carboxylic acids is 1. The van der Waals surface area contributed by atoms with Crippen LogP contribution in [0.25, 0.3) is 11.3 Å². The van der Waals surface area contributed by atoms with Crippen LogP contribution in [0.4, 0.5) is 5.69 Å². The molecule has 23 heavy (non-hydrogen) atoms. The Morgan fingerprint density at radius 3 is 2.83 bits per heavy atom. The van der Waals surface area contributed by atoms with Gasteiger partial charge in [-0.1, -0.05) is 0 Å². The van der Waals surface area contributed by atoms with E-state index in [1.54, 1.807) is 13.0 Å². The van der Waals surface area contributed by atoms with E-state index < -0.39 is 11.2 Å². The van der Waals surface area contributed by atoms with Crippen LogP contribution in [0.3, 0.4) is 0 Å². The van der Waals surface area contributed by atoms with Crippen molar-refractivity contribution < 1.29 is 4.79 Å². The summed E-state index contributed by atoms with van der Waals surface area (Å²) in [4.78, 5) is 40.9. The number of aryl methyl sites for hydroxylation is 1. The first-order chi connectivity index (χ1) is 11.0. The number of amides is 1. The van der Waals surface area contributed by atoms with Gasteiger partial charge in [0.2, 0.25) is 5.91 Å². The molecule has 0 radical (unpaired) electrons. The molecular formula is C14H16N6O3. The minimum Gasteiger partial charge on any atom is -0.369 e. The molecule has 2 aromatic heterocycles. The molecule has 9 nitrogen and oxygen atoms in total. The number of hydrogen-bond donors (Lipinski definition) is 3. The van der Waals surface area contributed by atoms with Crippen LogP contribution < -0.4 is 21.9 Å². The first-order valence-electron chi connectivity index (χ1n) is 7.16. The Hall–Kier alpha value is -2.97. The molecule has 1 amide bonds. The number of carbonyl (C=O) groups is 1. The van der Waals surface area contributed by atoms with E-state index in [0.29, 0.717) is 30.9 Å². The number of H-pyrrole nitrogens is 2. The van der Waals surface area contributed by atoms with E-state index in [0.717, 1.165) is 5.69 Å². The molecular weight excluding hydrogens is 300 g/mol. The van der Waals surface area contributed by atoms with Crippen LogP contribution in [0.15, 0.2) is 21.9 Å². The fourth-order valence-corrected chi connectivity index (χ4v) is 2.71. The molecule has 3 heterocycles. The zero-order valence-corrected chi connectivity index (χ0v) is 12.5. The number of nitrogens with one attached hydrogen (secondary N) is 2. The third kappa shape index (κ3) is 2.85. The van der Waals surface area contributed by atoms with Crippen LogP contribution >= 0.6 is 0 Å². The smallest absolute Gasteiger partial charge is 0.325 e. The molecule has 1 saturated heterocycles. The molecule has 0 aromatic carbocycles. The summed E-state index contributed by atoms with van der Waals surface area (Å²) < 4.78 is 0. The minimum absolute atomic E-state index is 0.192. The monoisotopic (exact) mass is 316 g/mol. The van der Waals surface area contributed by atoms with Gasteiger partial charge in [-0.05, 0) is 19.4 Å². The van der Waals surface area contributed by atoms with Crippen molar-refractivity contribution >= 4 is 11.6 Å². The summed E-state index contributed by atoms with van der Waals surface area (Å²) in [5.74, 6) is -0.507. The Kier molecular flexibility index (Phi) is 3.68. The van der Waals surface area contributed by atoms with Gasteiger partial charge in [-0.25, -0.2) is 4.79 Å². The van der Waals surface area contributed by atoms with Crippen molar-refractivity contribution in [1.82, 2.24) is 20.2 Å². The lowest BCUT2D eigenvalue weighted by Crippen LogP contribution is -2.28. The summed E-state index contributed by atoms with van der Waals surface area (Å²) in [5.41, 5.74) is 6.31. The van der Waals surface area contributed by atoms with Crippen molar-refractivity contribution in [3.8, 4) is 11.3 Å². The Balaban J connectivity index is 1.98. The van der Waals surface area contributed by atoms with Gasteiger partial charge in [0.15, 0.2) is 0 Å². The summed E-state index contributed by atoms with van der Waals surface area (Å²) in [7, 11) is 0. The molecule has 3 rings (SSSR count). The molecule has 120 valence electrons. The third-order valence-electron chi connectivity index (χ3n) is 3.98. The molecule has 1 aliphatic heterocycles. The number of hydrogen-bond acceptors (Lipinski definition) is 6. The van der Waals surface area contributed by atoms with Crippen LogP contribution in [-0.2, 0) is 4.79 Å². The van der Waals surface area contributed by atoms with Gasteiger partial charge in [0.05, 0.1) is 22.9 Å². The van der Waals surface area contributed by atoms with Crippen LogP contribution in [0.1, 0.15) is 12.1 Å². The van der Waals surface area contributed by atoms with E-state index in [2.05, 4.69) is 20.2 Å². The standard InChI is InChI=1S/C14H16N6O3/c1-7-11(20-3-2-8(6-20)12(15)21)4-10(19-18-7)9-5-16-14(23)17-13(9)22/h4-5,8H,2-3,6H2,1H3,(H2,15,21)(H2,16,17,22,23)/t8-/m1/s1. The summed E-state index contributed by atoms with van der Waals surface area (Å²) in [6, 6.07) is 1.73. The average Bonchev–Trinajstić information content (AvgIpc) is 2.98. The van der Waals surface area contributed by atoms with E-state index >= 15 is 0 Å². The van der Waals surface area contributed by atoms with Crippen LogP contribution in [0.2, 0.25) is 0 Å². The Bertz CT molecular complexity index is 871. The number of anilines is 1. The summed E-state index contributed by atoms with van der Waals surface area (Å²) in [6.45, 7) is 3.01. The van der Waals surface area contributed by atoms with Gasteiger partial charge in [-0.2, -0.15) is 5.10 Å². The molecule has 2 aromatic rings. The van der Waals surface area contributed by atoms with Crippen molar-refractivity contribution in [1.29, 1.82) is 0 Å². The van der Waals surface area contributed by atoms with Gasteiger partial charge in [0.25, 0.3) is 5.56 Å². The largest absolute Gasteiger partial charge is 0.369 e. The van der Waals surface area contributed by atoms with Crippen molar-refractivity contribution in [2.75, 3.05) is 18.0 Å². The normalized spacial score (nSPS) is 17.4. The van der Waals surface area contributed by atoms with E-state index in [1.165, 1.54) is 6.20 Å². The van der Waals surface area contributed by atoms with Crippen molar-refractivity contribution in [2.45, 2.75) is 13.3 Å². The van der Waals surface area contributed by atoms with E-state index in [4.69, 9.17) is 5.73 Å². The highest BCUT2D eigenvalue weighted by molar-refractivity contribution is 5.78. The maximum atomic E-state index is 11.9. The maximum absolute atomic E-state index is 11.9. The topological polar surface area (TPSA) is 138 Å². The predicted molar refractivity (Wildman–Crippen MR) is 83.0 cm³/mol. The molecule has 1 aliphatic rings. The van der Waals surface area contributed by atoms with E-state index in [-0.39, 0.29) is 17.4 Å².